The number of halogens is 1. The van der Waals surface area contributed by atoms with Crippen molar-refractivity contribution in [1.82, 2.24) is 4.98 Å². The number of methoxy groups -OCH3 is 1. The van der Waals surface area contributed by atoms with Gasteiger partial charge in [0.2, 0.25) is 0 Å². The van der Waals surface area contributed by atoms with E-state index in [-0.39, 0.29) is 5.97 Å². The minimum absolute atomic E-state index is 0.345. The van der Waals surface area contributed by atoms with Crippen LogP contribution in [0.25, 0.3) is 10.2 Å². The molecule has 1 aromatic carbocycles. The summed E-state index contributed by atoms with van der Waals surface area (Å²) in [6.07, 6.45) is 0. The molecular weight excluding hydrogens is 316 g/mol. The van der Waals surface area contributed by atoms with Crippen LogP contribution in [0.3, 0.4) is 0 Å². The minimum Gasteiger partial charge on any atom is -0.465 e. The van der Waals surface area contributed by atoms with Crippen LogP contribution < -0.4 is 4.90 Å². The molecule has 2 aromatic rings. The first kappa shape index (κ1) is 13.3. The van der Waals surface area contributed by atoms with E-state index in [1.165, 1.54) is 7.11 Å². The summed E-state index contributed by atoms with van der Waals surface area (Å²) in [5, 5.41) is 0.946. The Bertz CT molecular complexity index is 597. The van der Waals surface area contributed by atoms with Crippen LogP contribution in [-0.2, 0) is 4.74 Å². The topological polar surface area (TPSA) is 42.4 Å². The zero-order valence-corrected chi connectivity index (χ0v) is 12.8. The number of hydrogen-bond donors (Lipinski definition) is 0. The van der Waals surface area contributed by atoms with Gasteiger partial charge in [0.1, 0.15) is 0 Å². The average molecular weight is 329 g/mol. The Morgan fingerprint density at radius 1 is 1.56 bits per heavy atom. The molecule has 18 heavy (non-hydrogen) atoms. The van der Waals surface area contributed by atoms with Crippen LogP contribution in [0, 0.1) is 0 Å². The molecule has 4 nitrogen and oxygen atoms in total. The molecule has 0 unspecified atom stereocenters. The number of aromatic nitrogens is 1. The van der Waals surface area contributed by atoms with Gasteiger partial charge in [0.25, 0.3) is 0 Å². The van der Waals surface area contributed by atoms with Crippen LogP contribution in [0.5, 0.6) is 0 Å². The first-order chi connectivity index (χ1) is 8.56. The molecule has 0 aliphatic heterocycles. The number of hydrogen-bond acceptors (Lipinski definition) is 5. The van der Waals surface area contributed by atoms with Crippen molar-refractivity contribution in [3.05, 3.63) is 22.2 Å². The summed E-state index contributed by atoms with van der Waals surface area (Å²) < 4.78 is 6.43. The smallest absolute Gasteiger partial charge is 0.339 e. The van der Waals surface area contributed by atoms with Crippen molar-refractivity contribution < 1.29 is 9.53 Å². The Morgan fingerprint density at radius 3 is 2.89 bits per heavy atom. The average Bonchev–Trinajstić information content (AvgIpc) is 2.78. The van der Waals surface area contributed by atoms with E-state index >= 15 is 0 Å². The number of benzene rings is 1. The highest BCUT2D eigenvalue weighted by Gasteiger charge is 2.15. The van der Waals surface area contributed by atoms with E-state index in [4.69, 9.17) is 4.74 Å². The highest BCUT2D eigenvalue weighted by Crippen LogP contribution is 2.32. The van der Waals surface area contributed by atoms with Gasteiger partial charge in [-0.15, -0.1) is 0 Å². The lowest BCUT2D eigenvalue weighted by Crippen LogP contribution is -2.14. The Labute approximate surface area is 118 Å². The van der Waals surface area contributed by atoms with Gasteiger partial charge >= 0.3 is 5.97 Å². The van der Waals surface area contributed by atoms with Gasteiger partial charge in [0.05, 0.1) is 22.9 Å². The second kappa shape index (κ2) is 5.24. The van der Waals surface area contributed by atoms with Crippen molar-refractivity contribution in [2.24, 2.45) is 0 Å². The Kier molecular flexibility index (Phi) is 3.87. The molecule has 0 bridgehead atoms. The summed E-state index contributed by atoms with van der Waals surface area (Å²) in [7, 11) is 3.37. The lowest BCUT2D eigenvalue weighted by Gasteiger charge is -2.10. The second-order valence-corrected chi connectivity index (χ2v) is 5.67. The molecule has 0 aliphatic rings. The molecule has 0 saturated heterocycles. The fourth-order valence-corrected chi connectivity index (χ4v) is 3.01. The van der Waals surface area contributed by atoms with Crippen LogP contribution in [0.4, 0.5) is 5.13 Å². The Morgan fingerprint density at radius 2 is 2.28 bits per heavy atom. The van der Waals surface area contributed by atoms with E-state index in [1.807, 2.05) is 19.2 Å². The lowest BCUT2D eigenvalue weighted by molar-refractivity contribution is 0.0600. The van der Waals surface area contributed by atoms with Crippen molar-refractivity contribution in [1.29, 1.82) is 0 Å². The Balaban J connectivity index is 2.54. The van der Waals surface area contributed by atoms with Crippen molar-refractivity contribution in [2.45, 2.75) is 6.92 Å². The maximum Gasteiger partial charge on any atom is 0.339 e. The molecule has 6 heteroatoms. The maximum atomic E-state index is 11.6. The zero-order valence-electron chi connectivity index (χ0n) is 10.4. The van der Waals surface area contributed by atoms with Crippen molar-refractivity contribution in [3.8, 4) is 0 Å². The molecule has 1 aromatic heterocycles. The predicted molar refractivity (Wildman–Crippen MR) is 77.6 cm³/mol. The molecule has 0 N–H and O–H groups in total. The van der Waals surface area contributed by atoms with E-state index in [0.717, 1.165) is 21.9 Å². The van der Waals surface area contributed by atoms with E-state index in [2.05, 4.69) is 32.7 Å². The Hall–Kier alpha value is -1.14. The minimum atomic E-state index is -0.345. The molecule has 1 heterocycles. The molecular formula is C12H13BrN2O2S. The number of anilines is 1. The van der Waals surface area contributed by atoms with Crippen LogP contribution in [0.15, 0.2) is 16.6 Å². The van der Waals surface area contributed by atoms with Gasteiger partial charge in [-0.1, -0.05) is 11.3 Å². The standard InChI is InChI=1S/C12H13BrN2O2S/c1-4-15(2)12-14-9-6-8(13)7(11(16)17-3)5-10(9)18-12/h5-6H,4H2,1-3H3. The molecule has 0 fully saturated rings. The molecule has 96 valence electrons. The van der Waals surface area contributed by atoms with Gasteiger partial charge < -0.3 is 9.64 Å². The van der Waals surface area contributed by atoms with E-state index in [0.29, 0.717) is 10.0 Å². The monoisotopic (exact) mass is 328 g/mol. The molecule has 0 radical (unpaired) electrons. The lowest BCUT2D eigenvalue weighted by atomic mass is 10.2. The highest BCUT2D eigenvalue weighted by molar-refractivity contribution is 9.10. The predicted octanol–water partition coefficient (Wildman–Crippen LogP) is 3.30. The largest absolute Gasteiger partial charge is 0.465 e. The summed E-state index contributed by atoms with van der Waals surface area (Å²) in [5.41, 5.74) is 1.41. The van der Waals surface area contributed by atoms with Crippen molar-refractivity contribution in [3.63, 3.8) is 0 Å². The summed E-state index contributed by atoms with van der Waals surface area (Å²) >= 11 is 4.94. The van der Waals surface area contributed by atoms with Crippen LogP contribution in [0.2, 0.25) is 0 Å². The SMILES string of the molecule is CCN(C)c1nc2cc(Br)c(C(=O)OC)cc2s1. The number of ether oxygens (including phenoxy) is 1. The molecule has 0 amide bonds. The fraction of sp³-hybridized carbons (Fsp3) is 0.333. The highest BCUT2D eigenvalue weighted by atomic mass is 79.9. The van der Waals surface area contributed by atoms with Gasteiger partial charge in [-0.2, -0.15) is 0 Å². The van der Waals surface area contributed by atoms with Crippen molar-refractivity contribution in [2.75, 3.05) is 25.6 Å². The first-order valence-electron chi connectivity index (χ1n) is 5.46. The number of carbonyl (C=O) groups excluding carboxylic acids is 1. The maximum absolute atomic E-state index is 11.6. The van der Waals surface area contributed by atoms with E-state index in [9.17, 15) is 4.79 Å². The zero-order chi connectivity index (χ0) is 13.3. The second-order valence-electron chi connectivity index (χ2n) is 3.80. The van der Waals surface area contributed by atoms with Gasteiger partial charge in [0.15, 0.2) is 5.13 Å². The molecule has 0 aliphatic carbocycles. The summed E-state index contributed by atoms with van der Waals surface area (Å²) in [6, 6.07) is 3.67. The van der Waals surface area contributed by atoms with E-state index < -0.39 is 0 Å². The normalized spacial score (nSPS) is 10.7. The van der Waals surface area contributed by atoms with Crippen LogP contribution in [0.1, 0.15) is 17.3 Å². The molecule has 0 saturated carbocycles. The number of fused-ring (bicyclic) bond motifs is 1. The quantitative estimate of drug-likeness (QED) is 0.811. The number of rotatable bonds is 3. The van der Waals surface area contributed by atoms with Crippen LogP contribution in [-0.4, -0.2) is 31.7 Å². The fourth-order valence-electron chi connectivity index (χ4n) is 1.50. The number of esters is 1. The summed E-state index contributed by atoms with van der Waals surface area (Å²) in [4.78, 5) is 18.2. The van der Waals surface area contributed by atoms with Gasteiger partial charge in [0, 0.05) is 18.1 Å². The van der Waals surface area contributed by atoms with Gasteiger partial charge in [-0.05, 0) is 35.0 Å². The van der Waals surface area contributed by atoms with E-state index in [1.54, 1.807) is 11.3 Å². The third-order valence-corrected chi connectivity index (χ3v) is 4.46. The first-order valence-corrected chi connectivity index (χ1v) is 7.07. The van der Waals surface area contributed by atoms with Gasteiger partial charge in [-0.3, -0.25) is 0 Å². The van der Waals surface area contributed by atoms with Crippen molar-refractivity contribution >= 4 is 48.6 Å². The number of carbonyl (C=O) groups is 1. The third kappa shape index (κ3) is 2.35. The number of thiazole rings is 1. The van der Waals surface area contributed by atoms with Gasteiger partial charge in [-0.25, -0.2) is 9.78 Å². The van der Waals surface area contributed by atoms with Crippen LogP contribution >= 0.6 is 27.3 Å². The summed E-state index contributed by atoms with van der Waals surface area (Å²) in [5.74, 6) is -0.345. The molecule has 2 rings (SSSR count). The molecule has 0 atom stereocenters. The summed E-state index contributed by atoms with van der Waals surface area (Å²) in [6.45, 7) is 2.96. The number of nitrogens with zero attached hydrogens (tertiary/aromatic N) is 2. The molecule has 0 spiro atoms. The third-order valence-electron chi connectivity index (χ3n) is 2.67.